The van der Waals surface area contributed by atoms with Crippen LogP contribution in [0.1, 0.15) is 18.3 Å². The molecule has 9 heteroatoms. The van der Waals surface area contributed by atoms with Gasteiger partial charge in [-0.15, -0.1) is 0 Å². The van der Waals surface area contributed by atoms with E-state index < -0.39 is 11.7 Å². The van der Waals surface area contributed by atoms with Crippen LogP contribution in [0.5, 0.6) is 0 Å². The fraction of sp³-hybridized carbons (Fsp3) is 0.231. The molecule has 0 unspecified atom stereocenters. The van der Waals surface area contributed by atoms with E-state index in [1.807, 2.05) is 6.92 Å². The molecule has 1 aromatic heterocycles. The second-order valence-corrected chi connectivity index (χ2v) is 4.64. The maximum absolute atomic E-state index is 11.8. The Kier molecular flexibility index (Phi) is 4.57. The number of nitrogens with zero attached hydrogens (tertiary/aromatic N) is 1. The average molecular weight is 304 g/mol. The Balaban J connectivity index is 1.96. The lowest BCUT2D eigenvalue weighted by Gasteiger charge is -2.11. The lowest BCUT2D eigenvalue weighted by atomic mass is 10.2. The van der Waals surface area contributed by atoms with Gasteiger partial charge in [-0.2, -0.15) is 5.10 Å². The fourth-order valence-corrected chi connectivity index (χ4v) is 1.75. The van der Waals surface area contributed by atoms with Gasteiger partial charge < -0.3 is 16.0 Å². The molecule has 9 nitrogen and oxygen atoms in total. The summed E-state index contributed by atoms with van der Waals surface area (Å²) in [6.07, 6.45) is 0. The molecule has 0 spiro atoms. The number of aromatic amines is 2. The van der Waals surface area contributed by atoms with E-state index in [0.29, 0.717) is 17.2 Å². The Morgan fingerprint density at radius 3 is 2.68 bits per heavy atom. The number of benzene rings is 1. The number of nitrogens with one attached hydrogen (secondary N) is 5. The number of carbonyl (C=O) groups excluding carboxylic acids is 2. The molecule has 2 aromatic rings. The molecule has 0 fully saturated rings. The van der Waals surface area contributed by atoms with Crippen LogP contribution >= 0.6 is 0 Å². The average Bonchev–Trinajstić information content (AvgIpc) is 2.85. The highest BCUT2D eigenvalue weighted by atomic mass is 16.2. The highest BCUT2D eigenvalue weighted by Crippen LogP contribution is 2.20. The summed E-state index contributed by atoms with van der Waals surface area (Å²) in [6.45, 7) is 3.34. The van der Waals surface area contributed by atoms with Crippen molar-refractivity contribution in [2.75, 3.05) is 10.6 Å². The molecule has 0 atom stereocenters. The van der Waals surface area contributed by atoms with Gasteiger partial charge in [0.15, 0.2) is 0 Å². The van der Waals surface area contributed by atoms with E-state index in [-0.39, 0.29) is 12.5 Å². The van der Waals surface area contributed by atoms with Gasteiger partial charge in [0.05, 0.1) is 6.54 Å². The summed E-state index contributed by atoms with van der Waals surface area (Å²) in [7, 11) is 0. The summed E-state index contributed by atoms with van der Waals surface area (Å²) in [5.74, 6) is 0.134. The first-order valence-corrected chi connectivity index (χ1v) is 6.50. The van der Waals surface area contributed by atoms with Crippen molar-refractivity contribution in [2.45, 2.75) is 20.4 Å². The van der Waals surface area contributed by atoms with Gasteiger partial charge in [0.2, 0.25) is 5.91 Å². The quantitative estimate of drug-likeness (QED) is 0.568. The number of H-pyrrole nitrogens is 2. The minimum absolute atomic E-state index is 0.0784. The number of anilines is 2. The van der Waals surface area contributed by atoms with Crippen molar-refractivity contribution in [1.82, 2.24) is 20.5 Å². The summed E-state index contributed by atoms with van der Waals surface area (Å²) in [5, 5.41) is 13.7. The Hall–Kier alpha value is -3.10. The van der Waals surface area contributed by atoms with Crippen LogP contribution in [0.3, 0.4) is 0 Å². The molecule has 0 bridgehead atoms. The van der Waals surface area contributed by atoms with E-state index in [9.17, 15) is 14.4 Å². The van der Waals surface area contributed by atoms with Gasteiger partial charge >= 0.3 is 11.7 Å². The normalized spacial score (nSPS) is 10.1. The predicted octanol–water partition coefficient (Wildman–Crippen LogP) is 0.687. The molecule has 2 rings (SSSR count). The monoisotopic (exact) mass is 304 g/mol. The van der Waals surface area contributed by atoms with E-state index in [1.54, 1.807) is 18.2 Å². The largest absolute Gasteiger partial charge is 0.340 e. The molecule has 3 amide bonds. The van der Waals surface area contributed by atoms with Crippen LogP contribution in [-0.4, -0.2) is 27.1 Å². The fourth-order valence-electron chi connectivity index (χ4n) is 1.75. The van der Waals surface area contributed by atoms with Crippen molar-refractivity contribution in [3.63, 3.8) is 0 Å². The molecule has 0 saturated heterocycles. The van der Waals surface area contributed by atoms with Crippen LogP contribution in [0.15, 0.2) is 23.0 Å². The minimum atomic E-state index is -0.457. The van der Waals surface area contributed by atoms with Crippen molar-refractivity contribution in [3.05, 3.63) is 40.1 Å². The summed E-state index contributed by atoms with van der Waals surface area (Å²) >= 11 is 0. The summed E-state index contributed by atoms with van der Waals surface area (Å²) in [5.41, 5.74) is 1.61. The topological polar surface area (TPSA) is 132 Å². The zero-order valence-electron chi connectivity index (χ0n) is 12.1. The van der Waals surface area contributed by atoms with E-state index in [1.165, 1.54) is 6.92 Å². The molecule has 0 aliphatic heterocycles. The first-order chi connectivity index (χ1) is 10.4. The lowest BCUT2D eigenvalue weighted by molar-refractivity contribution is -0.114. The molecule has 5 N–H and O–H groups in total. The number of aryl methyl sites for hydroxylation is 1. The molecule has 0 aliphatic carbocycles. The summed E-state index contributed by atoms with van der Waals surface area (Å²) in [4.78, 5) is 36.2. The highest BCUT2D eigenvalue weighted by molar-refractivity contribution is 5.93. The maximum Gasteiger partial charge on any atom is 0.340 e. The van der Waals surface area contributed by atoms with Crippen molar-refractivity contribution in [2.24, 2.45) is 0 Å². The van der Waals surface area contributed by atoms with Crippen molar-refractivity contribution >= 4 is 23.3 Å². The van der Waals surface area contributed by atoms with E-state index in [2.05, 4.69) is 31.1 Å². The number of rotatable bonds is 4. The lowest BCUT2D eigenvalue weighted by Crippen LogP contribution is -2.28. The van der Waals surface area contributed by atoms with Gasteiger partial charge in [0.1, 0.15) is 5.82 Å². The van der Waals surface area contributed by atoms with Crippen LogP contribution in [0.2, 0.25) is 0 Å². The molecular formula is C13H16N6O3. The van der Waals surface area contributed by atoms with Crippen LogP contribution in [0, 0.1) is 6.92 Å². The van der Waals surface area contributed by atoms with E-state index in [0.717, 1.165) is 5.56 Å². The summed E-state index contributed by atoms with van der Waals surface area (Å²) < 4.78 is 0. The third-order valence-corrected chi connectivity index (χ3v) is 2.77. The van der Waals surface area contributed by atoms with Crippen LogP contribution in [0.4, 0.5) is 16.2 Å². The number of aromatic nitrogens is 3. The predicted molar refractivity (Wildman–Crippen MR) is 80.5 cm³/mol. The van der Waals surface area contributed by atoms with Crippen LogP contribution in [-0.2, 0) is 11.3 Å². The molecular weight excluding hydrogens is 288 g/mol. The number of amides is 3. The number of hydrogen-bond acceptors (Lipinski definition) is 4. The first-order valence-electron chi connectivity index (χ1n) is 6.50. The van der Waals surface area contributed by atoms with Gasteiger partial charge in [0.25, 0.3) is 0 Å². The Morgan fingerprint density at radius 2 is 2.05 bits per heavy atom. The SMILES string of the molecule is CC(=O)Nc1cc(NC(=O)NCc2n[nH]c(=O)[nH]2)ccc1C. The Labute approximate surface area is 125 Å². The zero-order chi connectivity index (χ0) is 16.1. The van der Waals surface area contributed by atoms with Gasteiger partial charge in [-0.3, -0.25) is 9.78 Å². The summed E-state index contributed by atoms with van der Waals surface area (Å²) in [6, 6.07) is 4.71. The maximum atomic E-state index is 11.8. The second-order valence-electron chi connectivity index (χ2n) is 4.64. The van der Waals surface area contributed by atoms with Crippen molar-refractivity contribution < 1.29 is 9.59 Å². The Bertz CT molecular complexity index is 748. The first kappa shape index (κ1) is 15.3. The standard InChI is InChI=1S/C13H16N6O3/c1-7-3-4-9(5-10(7)15-8(2)20)16-12(21)14-6-11-17-13(22)19-18-11/h3-5H,6H2,1-2H3,(H,15,20)(H2,14,16,21)(H2,17,18,19,22). The smallest absolute Gasteiger partial charge is 0.331 e. The highest BCUT2D eigenvalue weighted by Gasteiger charge is 2.06. The second kappa shape index (κ2) is 6.57. The number of urea groups is 1. The van der Waals surface area contributed by atoms with Crippen LogP contribution < -0.4 is 21.6 Å². The molecule has 0 saturated carbocycles. The number of hydrogen-bond donors (Lipinski definition) is 5. The van der Waals surface area contributed by atoms with Crippen molar-refractivity contribution in [1.29, 1.82) is 0 Å². The molecule has 0 radical (unpaired) electrons. The third kappa shape index (κ3) is 4.20. The van der Waals surface area contributed by atoms with E-state index in [4.69, 9.17) is 0 Å². The number of carbonyl (C=O) groups is 2. The zero-order valence-corrected chi connectivity index (χ0v) is 12.1. The molecule has 1 heterocycles. The van der Waals surface area contributed by atoms with Crippen molar-refractivity contribution in [3.8, 4) is 0 Å². The molecule has 0 aliphatic rings. The van der Waals surface area contributed by atoms with Gasteiger partial charge in [-0.1, -0.05) is 6.07 Å². The third-order valence-electron chi connectivity index (χ3n) is 2.77. The molecule has 116 valence electrons. The Morgan fingerprint density at radius 1 is 1.27 bits per heavy atom. The minimum Gasteiger partial charge on any atom is -0.331 e. The molecule has 1 aromatic carbocycles. The van der Waals surface area contributed by atoms with Gasteiger partial charge in [-0.05, 0) is 24.6 Å². The molecule has 22 heavy (non-hydrogen) atoms. The van der Waals surface area contributed by atoms with E-state index >= 15 is 0 Å². The van der Waals surface area contributed by atoms with Gasteiger partial charge in [0, 0.05) is 18.3 Å². The van der Waals surface area contributed by atoms with Gasteiger partial charge in [-0.25, -0.2) is 14.7 Å². The van der Waals surface area contributed by atoms with Crippen LogP contribution in [0.25, 0.3) is 0 Å².